The summed E-state index contributed by atoms with van der Waals surface area (Å²) in [5, 5.41) is 3.37. The Bertz CT molecular complexity index is 378. The topological polar surface area (TPSA) is 21.3 Å². The predicted molar refractivity (Wildman–Crippen MR) is 92.2 cm³/mol. The molecule has 1 N–H and O–H groups in total. The molecule has 120 valence electrons. The van der Waals surface area contributed by atoms with Crippen LogP contribution in [0.4, 0.5) is 0 Å². The van der Waals surface area contributed by atoms with Gasteiger partial charge in [-0.25, -0.2) is 0 Å². The third-order valence-corrected chi connectivity index (χ3v) is 3.84. The lowest BCUT2D eigenvalue weighted by Crippen LogP contribution is -2.12. The zero-order chi connectivity index (χ0) is 15.5. The lowest BCUT2D eigenvalue weighted by molar-refractivity contribution is 0.300. The second-order valence-corrected chi connectivity index (χ2v) is 5.96. The predicted octanol–water partition coefficient (Wildman–Crippen LogP) is 5.15. The standard InChI is InChI=1S/C19H33NO/c1-5-7-8-9-10-11-12-21-19-16(3)13-18(14-17(19)4)15-20-6-2/h13-14,20H,5-12,15H2,1-4H3. The molecular formula is C19H33NO. The molecule has 21 heavy (non-hydrogen) atoms. The minimum absolute atomic E-state index is 0.848. The number of unbranched alkanes of at least 4 members (excludes halogenated alkanes) is 5. The monoisotopic (exact) mass is 291 g/mol. The molecule has 1 rings (SSSR count). The molecule has 0 aliphatic rings. The smallest absolute Gasteiger partial charge is 0.125 e. The molecule has 0 radical (unpaired) electrons. The molecule has 0 saturated carbocycles. The molecule has 2 heteroatoms. The minimum Gasteiger partial charge on any atom is -0.493 e. The second kappa shape index (κ2) is 10.7. The molecule has 0 heterocycles. The van der Waals surface area contributed by atoms with Gasteiger partial charge in [0, 0.05) is 6.54 Å². The van der Waals surface area contributed by atoms with Crippen LogP contribution >= 0.6 is 0 Å². The maximum atomic E-state index is 6.01. The minimum atomic E-state index is 0.848. The van der Waals surface area contributed by atoms with Gasteiger partial charge in [-0.3, -0.25) is 0 Å². The van der Waals surface area contributed by atoms with Crippen molar-refractivity contribution in [1.82, 2.24) is 5.32 Å². The zero-order valence-electron chi connectivity index (χ0n) is 14.4. The molecule has 0 aliphatic carbocycles. The average Bonchev–Trinajstić information content (AvgIpc) is 2.46. The molecule has 1 aromatic carbocycles. The fourth-order valence-corrected chi connectivity index (χ4v) is 2.70. The summed E-state index contributed by atoms with van der Waals surface area (Å²) in [5.41, 5.74) is 3.86. The van der Waals surface area contributed by atoms with Crippen molar-refractivity contribution in [1.29, 1.82) is 0 Å². The Kier molecular flexibility index (Phi) is 9.16. The van der Waals surface area contributed by atoms with Crippen LogP contribution < -0.4 is 10.1 Å². The largest absolute Gasteiger partial charge is 0.493 e. The van der Waals surface area contributed by atoms with E-state index in [1.54, 1.807) is 0 Å². The van der Waals surface area contributed by atoms with Gasteiger partial charge in [-0.15, -0.1) is 0 Å². The third-order valence-electron chi connectivity index (χ3n) is 3.84. The zero-order valence-corrected chi connectivity index (χ0v) is 14.4. The van der Waals surface area contributed by atoms with E-state index in [4.69, 9.17) is 4.74 Å². The third kappa shape index (κ3) is 6.99. The molecule has 0 aliphatic heterocycles. The van der Waals surface area contributed by atoms with E-state index in [9.17, 15) is 0 Å². The summed E-state index contributed by atoms with van der Waals surface area (Å²) >= 11 is 0. The Morgan fingerprint density at radius 2 is 1.52 bits per heavy atom. The number of nitrogens with one attached hydrogen (secondary N) is 1. The maximum absolute atomic E-state index is 6.01. The van der Waals surface area contributed by atoms with Gasteiger partial charge in [-0.2, -0.15) is 0 Å². The highest BCUT2D eigenvalue weighted by Gasteiger charge is 2.06. The Morgan fingerprint density at radius 1 is 0.905 bits per heavy atom. The Hall–Kier alpha value is -1.02. The quantitative estimate of drug-likeness (QED) is 0.569. The van der Waals surface area contributed by atoms with Gasteiger partial charge in [0.15, 0.2) is 0 Å². The van der Waals surface area contributed by atoms with E-state index < -0.39 is 0 Å². The molecule has 1 aromatic rings. The number of aryl methyl sites for hydroxylation is 2. The first kappa shape index (κ1) is 18.0. The summed E-state index contributed by atoms with van der Waals surface area (Å²) in [7, 11) is 0. The highest BCUT2D eigenvalue weighted by molar-refractivity contribution is 5.43. The number of hydrogen-bond acceptors (Lipinski definition) is 2. The van der Waals surface area contributed by atoms with Crippen molar-refractivity contribution in [3.8, 4) is 5.75 Å². The number of ether oxygens (including phenoxy) is 1. The highest BCUT2D eigenvalue weighted by atomic mass is 16.5. The van der Waals surface area contributed by atoms with Crippen LogP contribution in [-0.2, 0) is 6.54 Å². The average molecular weight is 291 g/mol. The van der Waals surface area contributed by atoms with Crippen molar-refractivity contribution in [3.05, 3.63) is 28.8 Å². The number of benzene rings is 1. The molecule has 2 nitrogen and oxygen atoms in total. The van der Waals surface area contributed by atoms with Crippen molar-refractivity contribution in [2.45, 2.75) is 72.8 Å². The molecular weight excluding hydrogens is 258 g/mol. The Morgan fingerprint density at radius 3 is 2.14 bits per heavy atom. The van der Waals surface area contributed by atoms with Crippen molar-refractivity contribution in [2.75, 3.05) is 13.2 Å². The van der Waals surface area contributed by atoms with Gasteiger partial charge in [0.05, 0.1) is 6.61 Å². The van der Waals surface area contributed by atoms with Crippen molar-refractivity contribution in [3.63, 3.8) is 0 Å². The van der Waals surface area contributed by atoms with Gasteiger partial charge in [-0.05, 0) is 43.5 Å². The molecule has 0 unspecified atom stereocenters. The second-order valence-electron chi connectivity index (χ2n) is 5.96. The van der Waals surface area contributed by atoms with E-state index in [1.165, 1.54) is 55.2 Å². The first-order valence-electron chi connectivity index (χ1n) is 8.62. The molecule has 0 amide bonds. The summed E-state index contributed by atoms with van der Waals surface area (Å²) in [6.45, 7) is 11.5. The van der Waals surface area contributed by atoms with Crippen LogP contribution in [0.3, 0.4) is 0 Å². The first-order valence-corrected chi connectivity index (χ1v) is 8.62. The van der Waals surface area contributed by atoms with E-state index in [0.29, 0.717) is 0 Å². The van der Waals surface area contributed by atoms with Crippen molar-refractivity contribution in [2.24, 2.45) is 0 Å². The van der Waals surface area contributed by atoms with Crippen molar-refractivity contribution >= 4 is 0 Å². The van der Waals surface area contributed by atoms with Gasteiger partial charge >= 0.3 is 0 Å². The van der Waals surface area contributed by atoms with Crippen LogP contribution in [0.15, 0.2) is 12.1 Å². The van der Waals surface area contributed by atoms with Gasteiger partial charge in [0.1, 0.15) is 5.75 Å². The fourth-order valence-electron chi connectivity index (χ4n) is 2.70. The van der Waals surface area contributed by atoms with E-state index in [2.05, 4.69) is 45.1 Å². The molecule has 0 spiro atoms. The normalized spacial score (nSPS) is 10.9. The highest BCUT2D eigenvalue weighted by Crippen LogP contribution is 2.25. The Labute approximate surface area is 131 Å². The molecule has 0 saturated heterocycles. The van der Waals surface area contributed by atoms with E-state index in [-0.39, 0.29) is 0 Å². The SMILES string of the molecule is CCCCCCCCOc1c(C)cc(CNCC)cc1C. The summed E-state index contributed by atoms with van der Waals surface area (Å²) in [5.74, 6) is 1.09. The van der Waals surface area contributed by atoms with Crippen LogP contribution in [-0.4, -0.2) is 13.2 Å². The summed E-state index contributed by atoms with van der Waals surface area (Å²) < 4.78 is 6.01. The van der Waals surface area contributed by atoms with Crippen LogP contribution in [0.25, 0.3) is 0 Å². The molecule has 0 aromatic heterocycles. The summed E-state index contributed by atoms with van der Waals surface area (Å²) in [4.78, 5) is 0. The van der Waals surface area contributed by atoms with Gasteiger partial charge < -0.3 is 10.1 Å². The molecule has 0 bridgehead atoms. The van der Waals surface area contributed by atoms with Gasteiger partial charge in [-0.1, -0.05) is 58.1 Å². The van der Waals surface area contributed by atoms with Crippen LogP contribution in [0.1, 0.15) is 69.1 Å². The van der Waals surface area contributed by atoms with E-state index in [0.717, 1.165) is 25.4 Å². The number of rotatable bonds is 11. The Balaban J connectivity index is 2.37. The van der Waals surface area contributed by atoms with Gasteiger partial charge in [0.2, 0.25) is 0 Å². The van der Waals surface area contributed by atoms with Gasteiger partial charge in [0.25, 0.3) is 0 Å². The van der Waals surface area contributed by atoms with E-state index in [1.807, 2.05) is 0 Å². The van der Waals surface area contributed by atoms with Crippen LogP contribution in [0.5, 0.6) is 5.75 Å². The number of hydrogen-bond donors (Lipinski definition) is 1. The van der Waals surface area contributed by atoms with E-state index >= 15 is 0 Å². The maximum Gasteiger partial charge on any atom is 0.125 e. The van der Waals surface area contributed by atoms with Crippen LogP contribution in [0.2, 0.25) is 0 Å². The lowest BCUT2D eigenvalue weighted by atomic mass is 10.1. The van der Waals surface area contributed by atoms with Crippen LogP contribution in [0, 0.1) is 13.8 Å². The molecule has 0 atom stereocenters. The lowest BCUT2D eigenvalue weighted by Gasteiger charge is -2.14. The molecule has 0 fully saturated rings. The first-order chi connectivity index (χ1) is 10.2. The summed E-state index contributed by atoms with van der Waals surface area (Å²) in [6, 6.07) is 4.48. The summed E-state index contributed by atoms with van der Waals surface area (Å²) in [6.07, 6.45) is 7.85. The fraction of sp³-hybridized carbons (Fsp3) is 0.684. The van der Waals surface area contributed by atoms with Crippen molar-refractivity contribution < 1.29 is 4.74 Å².